The van der Waals surface area contributed by atoms with Gasteiger partial charge in [0.25, 0.3) is 0 Å². The van der Waals surface area contributed by atoms with Gasteiger partial charge in [-0.15, -0.1) is 0 Å². The molecule has 0 bridgehead atoms. The SMILES string of the molecule is CCCCCCOCC(O)CNCC1CCCC(O)C1. The molecule has 20 heavy (non-hydrogen) atoms. The minimum absolute atomic E-state index is 0.119. The molecule has 0 spiro atoms. The van der Waals surface area contributed by atoms with Gasteiger partial charge in [-0.1, -0.05) is 32.6 Å². The zero-order chi connectivity index (χ0) is 14.6. The molecule has 4 heteroatoms. The van der Waals surface area contributed by atoms with Crippen molar-refractivity contribution in [1.29, 1.82) is 0 Å². The molecular formula is C16H33NO3. The lowest BCUT2D eigenvalue weighted by molar-refractivity contribution is 0.0340. The average Bonchev–Trinajstić information content (AvgIpc) is 2.43. The third kappa shape index (κ3) is 8.90. The van der Waals surface area contributed by atoms with Gasteiger partial charge < -0.3 is 20.3 Å². The van der Waals surface area contributed by atoms with Gasteiger partial charge >= 0.3 is 0 Å². The molecule has 0 aromatic carbocycles. The third-order valence-electron chi connectivity index (χ3n) is 4.02. The fourth-order valence-corrected chi connectivity index (χ4v) is 2.81. The molecule has 1 aliphatic rings. The van der Waals surface area contributed by atoms with Crippen LogP contribution < -0.4 is 5.32 Å². The van der Waals surface area contributed by atoms with E-state index < -0.39 is 6.10 Å². The van der Waals surface area contributed by atoms with Crippen LogP contribution in [0.4, 0.5) is 0 Å². The predicted molar refractivity (Wildman–Crippen MR) is 81.8 cm³/mol. The molecule has 1 rings (SSSR count). The highest BCUT2D eigenvalue weighted by molar-refractivity contribution is 4.74. The van der Waals surface area contributed by atoms with Crippen LogP contribution in [0, 0.1) is 5.92 Å². The summed E-state index contributed by atoms with van der Waals surface area (Å²) in [5.41, 5.74) is 0. The van der Waals surface area contributed by atoms with Crippen molar-refractivity contribution in [2.75, 3.05) is 26.3 Å². The molecule has 3 unspecified atom stereocenters. The summed E-state index contributed by atoms with van der Waals surface area (Å²) in [5.74, 6) is 0.556. The van der Waals surface area contributed by atoms with E-state index in [1.54, 1.807) is 0 Å². The fourth-order valence-electron chi connectivity index (χ4n) is 2.81. The van der Waals surface area contributed by atoms with Crippen LogP contribution in [0.2, 0.25) is 0 Å². The van der Waals surface area contributed by atoms with Crippen LogP contribution in [0.15, 0.2) is 0 Å². The second-order valence-electron chi connectivity index (χ2n) is 6.13. The van der Waals surface area contributed by atoms with Crippen LogP contribution in [0.3, 0.4) is 0 Å². The van der Waals surface area contributed by atoms with Gasteiger partial charge in [0, 0.05) is 13.2 Å². The number of rotatable bonds is 11. The normalized spacial score (nSPS) is 24.8. The molecule has 3 atom stereocenters. The zero-order valence-corrected chi connectivity index (χ0v) is 13.0. The summed E-state index contributed by atoms with van der Waals surface area (Å²) in [6.07, 6.45) is 8.43. The number of hydrogen-bond donors (Lipinski definition) is 3. The first-order valence-corrected chi connectivity index (χ1v) is 8.37. The first kappa shape index (κ1) is 17.9. The van der Waals surface area contributed by atoms with Crippen LogP contribution in [-0.4, -0.2) is 48.7 Å². The van der Waals surface area contributed by atoms with E-state index in [0.717, 1.165) is 38.8 Å². The van der Waals surface area contributed by atoms with E-state index in [1.807, 2.05) is 0 Å². The van der Waals surface area contributed by atoms with E-state index in [1.165, 1.54) is 25.7 Å². The van der Waals surface area contributed by atoms with Gasteiger partial charge in [-0.3, -0.25) is 0 Å². The maximum absolute atomic E-state index is 9.80. The molecule has 0 aromatic heterocycles. The Balaban J connectivity index is 1.90. The number of aliphatic hydroxyl groups excluding tert-OH is 2. The lowest BCUT2D eigenvalue weighted by atomic mass is 9.87. The van der Waals surface area contributed by atoms with Gasteiger partial charge in [0.1, 0.15) is 0 Å². The molecule has 120 valence electrons. The molecule has 1 aliphatic carbocycles. The lowest BCUT2D eigenvalue weighted by Crippen LogP contribution is -2.35. The fraction of sp³-hybridized carbons (Fsp3) is 1.00. The summed E-state index contributed by atoms with van der Waals surface area (Å²) in [5, 5.41) is 22.7. The van der Waals surface area contributed by atoms with Gasteiger partial charge in [-0.25, -0.2) is 0 Å². The van der Waals surface area contributed by atoms with Gasteiger partial charge in [0.15, 0.2) is 0 Å². The van der Waals surface area contributed by atoms with Crippen molar-refractivity contribution in [3.8, 4) is 0 Å². The van der Waals surface area contributed by atoms with E-state index in [0.29, 0.717) is 19.1 Å². The molecular weight excluding hydrogens is 254 g/mol. The number of aliphatic hydroxyl groups is 2. The number of hydrogen-bond acceptors (Lipinski definition) is 4. The van der Waals surface area contributed by atoms with E-state index in [4.69, 9.17) is 4.74 Å². The summed E-state index contributed by atoms with van der Waals surface area (Å²) in [6, 6.07) is 0. The van der Waals surface area contributed by atoms with Crippen molar-refractivity contribution in [3.63, 3.8) is 0 Å². The molecule has 0 radical (unpaired) electrons. The molecule has 4 nitrogen and oxygen atoms in total. The minimum atomic E-state index is -0.422. The third-order valence-corrected chi connectivity index (χ3v) is 4.02. The van der Waals surface area contributed by atoms with Crippen LogP contribution in [0.1, 0.15) is 58.3 Å². The molecule has 0 aliphatic heterocycles. The molecule has 1 fully saturated rings. The summed E-state index contributed by atoms with van der Waals surface area (Å²) in [4.78, 5) is 0. The first-order chi connectivity index (χ1) is 9.72. The molecule has 0 heterocycles. The van der Waals surface area contributed by atoms with Gasteiger partial charge in [0.05, 0.1) is 18.8 Å². The van der Waals surface area contributed by atoms with Crippen LogP contribution in [-0.2, 0) is 4.74 Å². The minimum Gasteiger partial charge on any atom is -0.393 e. The van der Waals surface area contributed by atoms with Crippen molar-refractivity contribution in [2.45, 2.75) is 70.5 Å². The molecule has 0 amide bonds. The van der Waals surface area contributed by atoms with Gasteiger partial charge in [-0.2, -0.15) is 0 Å². The van der Waals surface area contributed by atoms with Crippen LogP contribution >= 0.6 is 0 Å². The molecule has 0 saturated heterocycles. The summed E-state index contributed by atoms with van der Waals surface area (Å²) in [7, 11) is 0. The smallest absolute Gasteiger partial charge is 0.0897 e. The quantitative estimate of drug-likeness (QED) is 0.509. The van der Waals surface area contributed by atoms with Crippen molar-refractivity contribution in [1.82, 2.24) is 5.32 Å². The van der Waals surface area contributed by atoms with E-state index >= 15 is 0 Å². The Hall–Kier alpha value is -0.160. The van der Waals surface area contributed by atoms with E-state index in [2.05, 4.69) is 12.2 Å². The second-order valence-corrected chi connectivity index (χ2v) is 6.13. The average molecular weight is 287 g/mol. The maximum atomic E-state index is 9.80. The van der Waals surface area contributed by atoms with Crippen molar-refractivity contribution in [2.24, 2.45) is 5.92 Å². The zero-order valence-electron chi connectivity index (χ0n) is 13.0. The Bertz CT molecular complexity index is 226. The Labute approximate surface area is 123 Å². The van der Waals surface area contributed by atoms with Crippen molar-refractivity contribution >= 4 is 0 Å². The molecule has 1 saturated carbocycles. The summed E-state index contributed by atoms with van der Waals surface area (Å²) >= 11 is 0. The monoisotopic (exact) mass is 287 g/mol. The van der Waals surface area contributed by atoms with Crippen LogP contribution in [0.25, 0.3) is 0 Å². The number of ether oxygens (including phenoxy) is 1. The Morgan fingerprint density at radius 1 is 1.25 bits per heavy atom. The highest BCUT2D eigenvalue weighted by Crippen LogP contribution is 2.23. The largest absolute Gasteiger partial charge is 0.393 e. The van der Waals surface area contributed by atoms with Gasteiger partial charge in [0.2, 0.25) is 0 Å². The highest BCUT2D eigenvalue weighted by atomic mass is 16.5. The number of unbranched alkanes of at least 4 members (excludes halogenated alkanes) is 3. The Morgan fingerprint density at radius 2 is 2.10 bits per heavy atom. The standard InChI is InChI=1S/C16H33NO3/c1-2-3-4-5-9-20-13-16(19)12-17-11-14-7-6-8-15(18)10-14/h14-19H,2-13H2,1H3. The first-order valence-electron chi connectivity index (χ1n) is 8.37. The van der Waals surface area contributed by atoms with Gasteiger partial charge in [-0.05, 0) is 38.1 Å². The lowest BCUT2D eigenvalue weighted by Gasteiger charge is -2.26. The summed E-state index contributed by atoms with van der Waals surface area (Å²) < 4.78 is 5.47. The molecule has 0 aromatic rings. The number of nitrogens with one attached hydrogen (secondary N) is 1. The van der Waals surface area contributed by atoms with E-state index in [9.17, 15) is 10.2 Å². The van der Waals surface area contributed by atoms with E-state index in [-0.39, 0.29) is 6.10 Å². The highest BCUT2D eigenvalue weighted by Gasteiger charge is 2.19. The van der Waals surface area contributed by atoms with Crippen LogP contribution in [0.5, 0.6) is 0 Å². The topological polar surface area (TPSA) is 61.7 Å². The predicted octanol–water partition coefficient (Wildman–Crippen LogP) is 2.08. The van der Waals surface area contributed by atoms with Crippen molar-refractivity contribution < 1.29 is 14.9 Å². The Kier molecular flexibility index (Phi) is 10.3. The Morgan fingerprint density at radius 3 is 2.85 bits per heavy atom. The van der Waals surface area contributed by atoms with Crippen molar-refractivity contribution in [3.05, 3.63) is 0 Å². The molecule has 3 N–H and O–H groups in total. The maximum Gasteiger partial charge on any atom is 0.0897 e. The second kappa shape index (κ2) is 11.5. The summed E-state index contributed by atoms with van der Waals surface area (Å²) in [6.45, 7) is 4.85.